The summed E-state index contributed by atoms with van der Waals surface area (Å²) < 4.78 is 0. The maximum atomic E-state index is 10.8. The summed E-state index contributed by atoms with van der Waals surface area (Å²) in [7, 11) is 0. The molecular weight excluding hydrogens is 216 g/mol. The lowest BCUT2D eigenvalue weighted by atomic mass is 10.0. The van der Waals surface area contributed by atoms with Crippen LogP contribution in [0.5, 0.6) is 0 Å². The highest BCUT2D eigenvalue weighted by Crippen LogP contribution is 2.36. The first-order valence-electron chi connectivity index (χ1n) is 5.60. The maximum Gasteiger partial charge on any atom is 0.405 e. The fourth-order valence-electron chi connectivity index (χ4n) is 2.60. The first-order valence-corrected chi connectivity index (χ1v) is 5.60. The molecule has 1 aliphatic rings. The summed E-state index contributed by atoms with van der Waals surface area (Å²) >= 11 is 0. The van der Waals surface area contributed by atoms with Crippen molar-refractivity contribution in [2.24, 2.45) is 0 Å². The van der Waals surface area contributed by atoms with Gasteiger partial charge in [-0.1, -0.05) is 12.1 Å². The number of carbonyl (C=O) groups is 1. The molecule has 0 spiro atoms. The predicted molar refractivity (Wildman–Crippen MR) is 64.0 cm³/mol. The minimum atomic E-state index is -0.969. The van der Waals surface area contributed by atoms with Gasteiger partial charge in [0.2, 0.25) is 0 Å². The van der Waals surface area contributed by atoms with Gasteiger partial charge >= 0.3 is 6.09 Å². The number of aromatic nitrogens is 1. The van der Waals surface area contributed by atoms with Crippen molar-refractivity contribution in [3.8, 4) is 0 Å². The van der Waals surface area contributed by atoms with E-state index in [0.29, 0.717) is 0 Å². The molecule has 4 heteroatoms. The third kappa shape index (κ3) is 1.62. The Kier molecular flexibility index (Phi) is 2.21. The fraction of sp³-hybridized carbons (Fsp3) is 0.231. The van der Waals surface area contributed by atoms with E-state index in [4.69, 9.17) is 5.11 Å². The quantitative estimate of drug-likeness (QED) is 0.788. The standard InChI is InChI=1S/C13H12N2O2/c16-13(17)15-11-4-3-9-2-1-8-5-6-14-7-10(8)12(9)11/h1-2,5-7,11,15H,3-4H2,(H,16,17). The van der Waals surface area contributed by atoms with Gasteiger partial charge in [0.15, 0.2) is 0 Å². The minimum Gasteiger partial charge on any atom is -0.465 e. The topological polar surface area (TPSA) is 62.2 Å². The molecule has 86 valence electrons. The number of amides is 1. The van der Waals surface area contributed by atoms with Gasteiger partial charge in [0.25, 0.3) is 0 Å². The molecule has 1 heterocycles. The van der Waals surface area contributed by atoms with Crippen molar-refractivity contribution < 1.29 is 9.90 Å². The van der Waals surface area contributed by atoms with Crippen molar-refractivity contribution in [1.82, 2.24) is 10.3 Å². The van der Waals surface area contributed by atoms with Gasteiger partial charge < -0.3 is 10.4 Å². The van der Waals surface area contributed by atoms with Crippen molar-refractivity contribution in [3.05, 3.63) is 41.7 Å². The molecule has 0 radical (unpaired) electrons. The summed E-state index contributed by atoms with van der Waals surface area (Å²) in [5.74, 6) is 0. The lowest BCUT2D eigenvalue weighted by Crippen LogP contribution is -2.25. The molecule has 1 aromatic carbocycles. The van der Waals surface area contributed by atoms with Crippen LogP contribution in [0, 0.1) is 0 Å². The summed E-state index contributed by atoms with van der Waals surface area (Å²) in [6.45, 7) is 0. The number of hydrogen-bond acceptors (Lipinski definition) is 2. The first-order chi connectivity index (χ1) is 8.25. The monoisotopic (exact) mass is 228 g/mol. The molecule has 0 bridgehead atoms. The van der Waals surface area contributed by atoms with Crippen molar-refractivity contribution in [3.63, 3.8) is 0 Å². The summed E-state index contributed by atoms with van der Waals surface area (Å²) in [4.78, 5) is 14.9. The molecule has 0 fully saturated rings. The summed E-state index contributed by atoms with van der Waals surface area (Å²) in [5.41, 5.74) is 2.32. The highest BCUT2D eigenvalue weighted by molar-refractivity contribution is 5.87. The number of rotatable bonds is 1. The second-order valence-electron chi connectivity index (χ2n) is 4.28. The molecule has 1 aromatic heterocycles. The zero-order chi connectivity index (χ0) is 11.8. The number of pyridine rings is 1. The Bertz CT molecular complexity index is 595. The lowest BCUT2D eigenvalue weighted by molar-refractivity contribution is 0.190. The Morgan fingerprint density at radius 2 is 2.29 bits per heavy atom. The summed E-state index contributed by atoms with van der Waals surface area (Å²) in [6, 6.07) is 6.00. The van der Waals surface area contributed by atoms with Gasteiger partial charge in [-0.15, -0.1) is 0 Å². The Labute approximate surface area is 98.3 Å². The number of nitrogens with zero attached hydrogens (tertiary/aromatic N) is 1. The van der Waals surface area contributed by atoms with Gasteiger partial charge in [-0.05, 0) is 35.4 Å². The molecule has 1 atom stereocenters. The van der Waals surface area contributed by atoms with E-state index in [1.54, 1.807) is 6.20 Å². The normalized spacial score (nSPS) is 18.0. The number of fused-ring (bicyclic) bond motifs is 3. The molecule has 0 saturated carbocycles. The van der Waals surface area contributed by atoms with Crippen LogP contribution in [-0.2, 0) is 6.42 Å². The van der Waals surface area contributed by atoms with Crippen molar-refractivity contribution in [2.75, 3.05) is 0 Å². The van der Waals surface area contributed by atoms with Crippen LogP contribution in [0.1, 0.15) is 23.6 Å². The molecule has 4 nitrogen and oxygen atoms in total. The number of hydrogen-bond donors (Lipinski definition) is 2. The molecule has 1 unspecified atom stereocenters. The van der Waals surface area contributed by atoms with Crippen LogP contribution in [-0.4, -0.2) is 16.2 Å². The number of benzene rings is 1. The highest BCUT2D eigenvalue weighted by atomic mass is 16.4. The van der Waals surface area contributed by atoms with E-state index in [2.05, 4.69) is 22.4 Å². The zero-order valence-corrected chi connectivity index (χ0v) is 9.18. The van der Waals surface area contributed by atoms with E-state index >= 15 is 0 Å². The van der Waals surface area contributed by atoms with Crippen LogP contribution in [0.15, 0.2) is 30.6 Å². The second-order valence-corrected chi connectivity index (χ2v) is 4.28. The Morgan fingerprint density at radius 1 is 1.41 bits per heavy atom. The van der Waals surface area contributed by atoms with Crippen molar-refractivity contribution in [1.29, 1.82) is 0 Å². The Balaban J connectivity index is 2.17. The van der Waals surface area contributed by atoms with Crippen molar-refractivity contribution >= 4 is 16.9 Å². The smallest absolute Gasteiger partial charge is 0.405 e. The van der Waals surface area contributed by atoms with Crippen LogP contribution >= 0.6 is 0 Å². The molecule has 1 amide bonds. The van der Waals surface area contributed by atoms with Crippen LogP contribution in [0.4, 0.5) is 4.79 Å². The van der Waals surface area contributed by atoms with E-state index in [9.17, 15) is 4.79 Å². The SMILES string of the molecule is O=C(O)NC1CCc2ccc3ccncc3c21. The summed E-state index contributed by atoms with van der Waals surface area (Å²) in [6.07, 6.45) is 4.35. The van der Waals surface area contributed by atoms with Gasteiger partial charge in [0.05, 0.1) is 6.04 Å². The number of nitrogens with one attached hydrogen (secondary N) is 1. The Hall–Kier alpha value is -2.10. The maximum absolute atomic E-state index is 10.8. The molecule has 0 saturated heterocycles. The third-order valence-electron chi connectivity index (χ3n) is 3.30. The van der Waals surface area contributed by atoms with Gasteiger partial charge in [0, 0.05) is 17.8 Å². The van der Waals surface area contributed by atoms with Gasteiger partial charge in [-0.2, -0.15) is 0 Å². The van der Waals surface area contributed by atoms with Crippen LogP contribution < -0.4 is 5.32 Å². The van der Waals surface area contributed by atoms with E-state index in [1.807, 2.05) is 12.3 Å². The molecule has 3 rings (SSSR count). The Morgan fingerprint density at radius 3 is 3.12 bits per heavy atom. The molecule has 2 N–H and O–H groups in total. The minimum absolute atomic E-state index is 0.101. The highest BCUT2D eigenvalue weighted by Gasteiger charge is 2.25. The van der Waals surface area contributed by atoms with Gasteiger partial charge in [-0.25, -0.2) is 4.79 Å². The number of carboxylic acid groups (broad SMARTS) is 1. The van der Waals surface area contributed by atoms with Crippen LogP contribution in [0.2, 0.25) is 0 Å². The third-order valence-corrected chi connectivity index (χ3v) is 3.30. The van der Waals surface area contributed by atoms with Gasteiger partial charge in [0.1, 0.15) is 0 Å². The average molecular weight is 228 g/mol. The van der Waals surface area contributed by atoms with Crippen molar-refractivity contribution in [2.45, 2.75) is 18.9 Å². The van der Waals surface area contributed by atoms with Crippen LogP contribution in [0.25, 0.3) is 10.8 Å². The molecular formula is C13H12N2O2. The first kappa shape index (κ1) is 10.1. The van der Waals surface area contributed by atoms with Gasteiger partial charge in [-0.3, -0.25) is 4.98 Å². The predicted octanol–water partition coefficient (Wildman–Crippen LogP) is 2.49. The molecule has 1 aliphatic carbocycles. The summed E-state index contributed by atoms with van der Waals surface area (Å²) in [5, 5.41) is 13.6. The molecule has 17 heavy (non-hydrogen) atoms. The average Bonchev–Trinajstić information content (AvgIpc) is 2.72. The lowest BCUT2D eigenvalue weighted by Gasteiger charge is -2.13. The number of aryl methyl sites for hydroxylation is 1. The van der Waals surface area contributed by atoms with E-state index in [0.717, 1.165) is 29.2 Å². The molecule has 2 aromatic rings. The largest absolute Gasteiger partial charge is 0.465 e. The fourth-order valence-corrected chi connectivity index (χ4v) is 2.60. The van der Waals surface area contributed by atoms with E-state index in [-0.39, 0.29) is 6.04 Å². The van der Waals surface area contributed by atoms with E-state index < -0.39 is 6.09 Å². The second kappa shape index (κ2) is 3.73. The van der Waals surface area contributed by atoms with E-state index in [1.165, 1.54) is 5.56 Å². The molecule has 0 aliphatic heterocycles. The zero-order valence-electron chi connectivity index (χ0n) is 9.18. The van der Waals surface area contributed by atoms with Crippen LogP contribution in [0.3, 0.4) is 0 Å².